The summed E-state index contributed by atoms with van der Waals surface area (Å²) < 4.78 is 75.8. The lowest BCUT2D eigenvalue weighted by atomic mass is 9.93. The van der Waals surface area contributed by atoms with Crippen molar-refractivity contribution in [1.29, 1.82) is 0 Å². The monoisotopic (exact) mass is 1320 g/mol. The van der Waals surface area contributed by atoms with Crippen LogP contribution in [0.15, 0.2) is 0 Å². The van der Waals surface area contributed by atoms with Gasteiger partial charge in [-0.25, -0.2) is 0 Å². The molecule has 7 fully saturated rings. The molecule has 7 saturated heterocycles. The van der Waals surface area contributed by atoms with E-state index in [1.54, 1.807) is 0 Å². The Morgan fingerprint density at radius 3 is 0.889 bits per heavy atom. The number of hydrogen-bond donors (Lipinski definition) is 23. The molecule has 4 amide bonds. The van der Waals surface area contributed by atoms with E-state index in [9.17, 15) is 116 Å². The number of ether oxygens (including phenoxy) is 13. The Bertz CT molecular complexity index is 2310. The molecule has 0 spiro atoms. The van der Waals surface area contributed by atoms with Crippen LogP contribution in [0.2, 0.25) is 0 Å². The zero-order valence-electron chi connectivity index (χ0n) is 48.6. The maximum absolute atomic E-state index is 13.0. The Morgan fingerprint density at radius 2 is 0.522 bits per heavy atom. The number of hydrogen-bond acceptors (Lipinski definition) is 36. The van der Waals surface area contributed by atoms with Crippen molar-refractivity contribution in [2.45, 2.75) is 242 Å². The molecule has 7 heterocycles. The molecule has 90 heavy (non-hydrogen) atoms. The first-order valence-electron chi connectivity index (χ1n) is 28.6. The van der Waals surface area contributed by atoms with Crippen LogP contribution in [0.1, 0.15) is 27.7 Å². The highest BCUT2D eigenvalue weighted by atomic mass is 16.8. The fourth-order valence-electron chi connectivity index (χ4n) is 11.6. The number of nitrogens with one attached hydrogen (secondary N) is 4. The summed E-state index contributed by atoms with van der Waals surface area (Å²) in [4.78, 5) is 50.8. The highest BCUT2D eigenvalue weighted by Gasteiger charge is 2.59. The minimum absolute atomic E-state index is 0.772. The minimum atomic E-state index is -2.22. The van der Waals surface area contributed by atoms with Gasteiger partial charge in [-0.05, 0) is 0 Å². The van der Waals surface area contributed by atoms with Gasteiger partial charge >= 0.3 is 0 Å². The third-order valence-electron chi connectivity index (χ3n) is 16.2. The Hall–Kier alpha value is -3.40. The standard InChI is InChI=1S/C50H84N4O36/c1-12(62)51-23-31(70)27(66)16(5-55)79-45(23)89-43-30(69)19(8-58)82-50(37(43)76)88-41-26(54-15(4)65)48(80-17(6-56)28(41)67)86-39-22(11-61)83-46(24(32(39)71)52-13(2)63)85-38-21(10-60)84-47(25(33(38)72)53-14(3)64)90-42-29(68)18(7-57)81-49(36(42)75)87-40-20(9-59)78-44(77)35(74)34(40)73/h16-50,55-61,66-77H,5-11H2,1-4H3,(H,51,62)(H,52,63)(H,53,64)(H,54,65)/t16-,17-,18-,19-,20-,21-,22-,23-,24-,25-,26-,27-,28+,29-,30+,31-,32-,33-,34-,35-,36+,37-,38-,39-,40-,41-,42+,43+,44-,45+,46+,47+,48-,49+,50+/m1/s1. The molecule has 0 bridgehead atoms. The SMILES string of the molecule is CC(=O)N[C@H]1[C@H](O[C@@H]2[C@H](O)[C@H](O[C@H]3[C@H](O)[C@@H](O)[C@H](O)O[C@@H]3CO)O[C@H](CO)[C@H]2O)O[C@H](CO)[C@@H](O[C@@H]2O[C@H](CO)[C@@H](O[C@H]3O[C@H](CO)[C@H](O)[C@H](O[C@@H]4O[C@H](CO)[C@H](O)[C@H](O[C@@H]5O[C@H](CO)[C@@H](O)[C@H](O)[C@H]5NC(C)=O)[C@H]4O)[C@H]3NC(C)=O)[C@H](O)[C@H]2NC(C)=O)[C@@H]1O. The van der Waals surface area contributed by atoms with Gasteiger partial charge in [0.25, 0.3) is 0 Å². The maximum Gasteiger partial charge on any atom is 0.217 e. The van der Waals surface area contributed by atoms with Crippen LogP contribution < -0.4 is 21.3 Å². The van der Waals surface area contributed by atoms with Crippen molar-refractivity contribution in [3.8, 4) is 0 Å². The number of carbonyl (C=O) groups is 4. The first kappa shape index (κ1) is 74.0. The van der Waals surface area contributed by atoms with Crippen LogP contribution in [-0.2, 0) is 80.8 Å². The van der Waals surface area contributed by atoms with Crippen LogP contribution >= 0.6 is 0 Å². The second-order valence-corrected chi connectivity index (χ2v) is 22.5. The maximum atomic E-state index is 13.0. The Balaban J connectivity index is 1.12. The molecule has 40 nitrogen and oxygen atoms in total. The normalized spacial score (nSPS) is 47.6. The highest BCUT2D eigenvalue weighted by molar-refractivity contribution is 5.74. The van der Waals surface area contributed by atoms with E-state index < -0.39 is 285 Å². The summed E-state index contributed by atoms with van der Waals surface area (Å²) in [6, 6.07) is -7.14. The quantitative estimate of drug-likeness (QED) is 0.0452. The molecular weight excluding hydrogens is 1230 g/mol. The first-order valence-corrected chi connectivity index (χ1v) is 28.6. The molecule has 0 unspecified atom stereocenters. The van der Waals surface area contributed by atoms with Gasteiger partial charge in [0.05, 0.1) is 46.2 Å². The van der Waals surface area contributed by atoms with Crippen molar-refractivity contribution in [2.24, 2.45) is 0 Å². The van der Waals surface area contributed by atoms with Crippen LogP contribution in [0.4, 0.5) is 0 Å². The third-order valence-corrected chi connectivity index (χ3v) is 16.2. The van der Waals surface area contributed by atoms with Gasteiger partial charge in [0.15, 0.2) is 44.0 Å². The van der Waals surface area contributed by atoms with Crippen LogP contribution in [0.3, 0.4) is 0 Å². The number of rotatable bonds is 23. The zero-order chi connectivity index (χ0) is 66.5. The zero-order valence-corrected chi connectivity index (χ0v) is 48.6. The predicted molar refractivity (Wildman–Crippen MR) is 278 cm³/mol. The van der Waals surface area contributed by atoms with Gasteiger partial charge < -0.3 is 180 Å². The van der Waals surface area contributed by atoms with E-state index in [1.165, 1.54) is 0 Å². The molecule has 0 aromatic carbocycles. The lowest BCUT2D eigenvalue weighted by Crippen LogP contribution is -2.72. The van der Waals surface area contributed by atoms with E-state index in [2.05, 4.69) is 21.3 Å². The van der Waals surface area contributed by atoms with Gasteiger partial charge in [-0.15, -0.1) is 0 Å². The average Bonchev–Trinajstić information content (AvgIpc) is 0.791. The lowest BCUT2D eigenvalue weighted by molar-refractivity contribution is -0.382. The highest BCUT2D eigenvalue weighted by Crippen LogP contribution is 2.38. The second-order valence-electron chi connectivity index (χ2n) is 22.5. The molecular formula is C50H84N4O36. The van der Waals surface area contributed by atoms with E-state index in [0.29, 0.717) is 0 Å². The van der Waals surface area contributed by atoms with Crippen molar-refractivity contribution in [3.05, 3.63) is 0 Å². The van der Waals surface area contributed by atoms with Gasteiger partial charge in [0.2, 0.25) is 23.6 Å². The molecule has 0 aliphatic carbocycles. The molecule has 7 aliphatic heterocycles. The summed E-state index contributed by atoms with van der Waals surface area (Å²) in [7, 11) is 0. The van der Waals surface area contributed by atoms with E-state index in [4.69, 9.17) is 61.6 Å². The molecule has 40 heteroatoms. The van der Waals surface area contributed by atoms with Crippen molar-refractivity contribution >= 4 is 23.6 Å². The second kappa shape index (κ2) is 32.4. The van der Waals surface area contributed by atoms with E-state index in [-0.39, 0.29) is 0 Å². The van der Waals surface area contributed by atoms with Crippen molar-refractivity contribution in [1.82, 2.24) is 21.3 Å². The first-order chi connectivity index (χ1) is 42.6. The Morgan fingerprint density at radius 1 is 0.267 bits per heavy atom. The van der Waals surface area contributed by atoms with E-state index in [0.717, 1.165) is 27.7 Å². The summed E-state index contributed by atoms with van der Waals surface area (Å²) >= 11 is 0. The predicted octanol–water partition coefficient (Wildman–Crippen LogP) is -15.7. The number of carbonyl (C=O) groups excluding carboxylic acids is 4. The molecule has 35 atom stereocenters. The van der Waals surface area contributed by atoms with Crippen molar-refractivity contribution in [2.75, 3.05) is 46.2 Å². The molecule has 0 radical (unpaired) electrons. The molecule has 7 rings (SSSR count). The topological polar surface area (TPSA) is 621 Å². The summed E-state index contributed by atoms with van der Waals surface area (Å²) in [6.45, 7) is -3.12. The largest absolute Gasteiger partial charge is 0.394 e. The average molecular weight is 1320 g/mol. The van der Waals surface area contributed by atoms with Gasteiger partial charge in [0, 0.05) is 27.7 Å². The number of aliphatic hydroxyl groups excluding tert-OH is 19. The molecule has 0 aromatic rings. The van der Waals surface area contributed by atoms with E-state index in [1.807, 2.05) is 0 Å². The molecule has 520 valence electrons. The Kier molecular flexibility index (Phi) is 26.6. The van der Waals surface area contributed by atoms with Gasteiger partial charge in [-0.1, -0.05) is 0 Å². The fourth-order valence-corrected chi connectivity index (χ4v) is 11.6. The van der Waals surface area contributed by atoms with Gasteiger partial charge in [-0.3, -0.25) is 19.2 Å². The number of aliphatic hydroxyl groups is 19. The van der Waals surface area contributed by atoms with Crippen LogP contribution in [0.5, 0.6) is 0 Å². The van der Waals surface area contributed by atoms with Crippen molar-refractivity contribution < 1.29 is 178 Å². The lowest BCUT2D eigenvalue weighted by Gasteiger charge is -2.51. The van der Waals surface area contributed by atoms with E-state index >= 15 is 0 Å². The van der Waals surface area contributed by atoms with Crippen LogP contribution in [-0.4, -0.2) is 382 Å². The molecule has 7 aliphatic rings. The van der Waals surface area contributed by atoms with Gasteiger partial charge in [-0.2, -0.15) is 0 Å². The smallest absolute Gasteiger partial charge is 0.217 e. The van der Waals surface area contributed by atoms with Crippen LogP contribution in [0.25, 0.3) is 0 Å². The third kappa shape index (κ3) is 16.3. The Labute approximate surface area is 510 Å². The fraction of sp³-hybridized carbons (Fsp3) is 0.920. The molecule has 23 N–H and O–H groups in total. The molecule has 0 saturated carbocycles. The van der Waals surface area contributed by atoms with Crippen molar-refractivity contribution in [3.63, 3.8) is 0 Å². The summed E-state index contributed by atoms with van der Waals surface area (Å²) in [6.07, 6.45) is -59.8. The van der Waals surface area contributed by atoms with Crippen LogP contribution in [0, 0.1) is 0 Å². The number of amides is 4. The minimum Gasteiger partial charge on any atom is -0.394 e. The summed E-state index contributed by atoms with van der Waals surface area (Å²) in [5, 5.41) is 216. The summed E-state index contributed by atoms with van der Waals surface area (Å²) in [5.41, 5.74) is 0. The molecule has 0 aromatic heterocycles. The summed E-state index contributed by atoms with van der Waals surface area (Å²) in [5.74, 6) is -3.44. The van der Waals surface area contributed by atoms with Gasteiger partial charge in [0.1, 0.15) is 171 Å².